The highest BCUT2D eigenvalue weighted by molar-refractivity contribution is 7.98. The molecule has 0 spiro atoms. The lowest BCUT2D eigenvalue weighted by Gasteiger charge is -2.19. The molecule has 0 radical (unpaired) electrons. The van der Waals surface area contributed by atoms with Crippen LogP contribution >= 0.6 is 11.8 Å². The van der Waals surface area contributed by atoms with E-state index in [4.69, 9.17) is 14.2 Å². The lowest BCUT2D eigenvalue weighted by atomic mass is 9.95. The molecule has 2 amide bonds. The molecule has 5 rings (SSSR count). The lowest BCUT2D eigenvalue weighted by molar-refractivity contribution is -0.120. The average Bonchev–Trinajstić information content (AvgIpc) is 3.42. The SMILES string of the molecule is COc1cc2c(c(OC)c1OC)-c1ccc(N[C@@H](CCSC)C(=O)Nc3n[nH]c(-c4ccccc4)n3)c(=O)cc1[C@@H](NC(C)=O)CC2. The van der Waals surface area contributed by atoms with E-state index in [0.29, 0.717) is 59.2 Å². The third-order valence-corrected chi connectivity index (χ3v) is 8.58. The molecule has 1 aliphatic rings. The normalized spacial score (nSPS) is 14.1. The van der Waals surface area contributed by atoms with Crippen LogP contribution in [0.3, 0.4) is 0 Å². The molecule has 0 aliphatic heterocycles. The van der Waals surface area contributed by atoms with E-state index in [2.05, 4.69) is 31.1 Å². The molecule has 12 nitrogen and oxygen atoms in total. The Kier molecular flexibility index (Phi) is 10.7. The van der Waals surface area contributed by atoms with Crippen molar-refractivity contribution in [3.05, 3.63) is 75.9 Å². The summed E-state index contributed by atoms with van der Waals surface area (Å²) in [5.41, 5.74) is 3.69. The zero-order chi connectivity index (χ0) is 33.5. The van der Waals surface area contributed by atoms with Crippen LogP contribution in [0.4, 0.5) is 11.6 Å². The van der Waals surface area contributed by atoms with E-state index < -0.39 is 12.1 Å². The topological polar surface area (TPSA) is 157 Å². The van der Waals surface area contributed by atoms with Crippen LogP contribution < -0.4 is 35.6 Å². The number of nitrogens with zero attached hydrogens (tertiary/aromatic N) is 2. The Hall–Kier alpha value is -5.04. The van der Waals surface area contributed by atoms with Gasteiger partial charge < -0.3 is 24.8 Å². The van der Waals surface area contributed by atoms with Crippen molar-refractivity contribution in [2.24, 2.45) is 0 Å². The van der Waals surface area contributed by atoms with E-state index in [-0.39, 0.29) is 28.9 Å². The number of hydrogen-bond donors (Lipinski definition) is 4. The fourth-order valence-electron chi connectivity index (χ4n) is 5.76. The van der Waals surface area contributed by atoms with Crippen molar-refractivity contribution in [1.82, 2.24) is 20.5 Å². The van der Waals surface area contributed by atoms with Gasteiger partial charge in [-0.15, -0.1) is 5.10 Å². The first-order valence-electron chi connectivity index (χ1n) is 15.1. The van der Waals surface area contributed by atoms with Crippen molar-refractivity contribution < 1.29 is 23.8 Å². The van der Waals surface area contributed by atoms with Crippen molar-refractivity contribution in [3.8, 4) is 39.8 Å². The van der Waals surface area contributed by atoms with Gasteiger partial charge in [0, 0.05) is 18.1 Å². The number of thioether (sulfide) groups is 1. The number of fused-ring (bicyclic) bond motifs is 3. The Bertz CT molecular complexity index is 1820. The van der Waals surface area contributed by atoms with Crippen LogP contribution in [0.15, 0.2) is 59.4 Å². The third kappa shape index (κ3) is 7.35. The fraction of sp³-hybridized carbons (Fsp3) is 0.324. The number of H-pyrrole nitrogens is 1. The zero-order valence-electron chi connectivity index (χ0n) is 26.9. The van der Waals surface area contributed by atoms with E-state index >= 15 is 0 Å². The highest BCUT2D eigenvalue weighted by Gasteiger charge is 2.30. The molecule has 3 aromatic carbocycles. The van der Waals surface area contributed by atoms with Gasteiger partial charge in [-0.25, -0.2) is 0 Å². The molecule has 246 valence electrons. The van der Waals surface area contributed by atoms with Crippen LogP contribution in [0.2, 0.25) is 0 Å². The largest absolute Gasteiger partial charge is 0.493 e. The highest BCUT2D eigenvalue weighted by atomic mass is 32.2. The Morgan fingerprint density at radius 1 is 1.04 bits per heavy atom. The summed E-state index contributed by atoms with van der Waals surface area (Å²) in [6, 6.07) is 15.1. The molecule has 0 saturated carbocycles. The van der Waals surface area contributed by atoms with Crippen molar-refractivity contribution >= 4 is 35.2 Å². The van der Waals surface area contributed by atoms with Crippen LogP contribution in [0.1, 0.15) is 36.9 Å². The molecule has 47 heavy (non-hydrogen) atoms. The minimum absolute atomic E-state index is 0.128. The van der Waals surface area contributed by atoms with E-state index in [1.807, 2.05) is 48.7 Å². The van der Waals surface area contributed by atoms with Crippen molar-refractivity contribution in [3.63, 3.8) is 0 Å². The smallest absolute Gasteiger partial charge is 0.249 e. The second-order valence-corrected chi connectivity index (χ2v) is 11.9. The van der Waals surface area contributed by atoms with Gasteiger partial charge in [-0.2, -0.15) is 16.7 Å². The Morgan fingerprint density at radius 2 is 1.81 bits per heavy atom. The minimum atomic E-state index is -0.770. The molecule has 1 aromatic heterocycles. The van der Waals surface area contributed by atoms with Crippen molar-refractivity contribution in [2.45, 2.75) is 38.3 Å². The monoisotopic (exact) mass is 658 g/mol. The summed E-state index contributed by atoms with van der Waals surface area (Å²) in [5, 5.41) is 16.0. The number of hydrogen-bond acceptors (Lipinski definition) is 10. The van der Waals surface area contributed by atoms with Crippen molar-refractivity contribution in [2.75, 3.05) is 44.0 Å². The van der Waals surface area contributed by atoms with Gasteiger partial charge in [-0.1, -0.05) is 36.4 Å². The standard InChI is InChI=1S/C34H38N6O6S/c1-19(41)35-24-13-11-21-17-28(44-2)30(45-3)31(46-4)29(21)22-12-14-25(27(42)18-23(22)24)36-26(15-16-47-5)33(43)38-34-37-32(39-40-34)20-9-7-6-8-10-20/h6-10,12,14,17-18,24,26H,11,13,15-16H2,1-5H3,(H,35,41)(H,36,42)(H2,37,38,39,40,43)/t24-,26-/m0/s1. The van der Waals surface area contributed by atoms with Crippen LogP contribution in [-0.4, -0.2) is 66.4 Å². The number of aromatic amines is 1. The van der Waals surface area contributed by atoms with E-state index in [1.54, 1.807) is 32.0 Å². The summed E-state index contributed by atoms with van der Waals surface area (Å²) < 4.78 is 17.2. The number of amides is 2. The average molecular weight is 659 g/mol. The van der Waals surface area contributed by atoms with E-state index in [9.17, 15) is 14.4 Å². The minimum Gasteiger partial charge on any atom is -0.493 e. The van der Waals surface area contributed by atoms with Crippen LogP contribution in [0, 0.1) is 0 Å². The number of methoxy groups -OCH3 is 3. The molecular formula is C34H38N6O6S. The molecule has 2 atom stereocenters. The molecular weight excluding hydrogens is 620 g/mol. The number of carbonyl (C=O) groups excluding carboxylic acids is 2. The first kappa shape index (κ1) is 33.3. The number of aryl methyl sites for hydroxylation is 1. The Labute approximate surface area is 277 Å². The third-order valence-electron chi connectivity index (χ3n) is 7.94. The van der Waals surface area contributed by atoms with E-state index in [1.165, 1.54) is 20.1 Å². The zero-order valence-corrected chi connectivity index (χ0v) is 27.7. The molecule has 0 unspecified atom stereocenters. The summed E-state index contributed by atoms with van der Waals surface area (Å²) in [4.78, 5) is 44.1. The maximum atomic E-state index is 13.9. The van der Waals surface area contributed by atoms with Crippen LogP contribution in [0.25, 0.3) is 22.5 Å². The first-order chi connectivity index (χ1) is 22.8. The molecule has 4 aromatic rings. The number of aromatic nitrogens is 3. The number of ether oxygens (including phenoxy) is 3. The number of nitrogens with one attached hydrogen (secondary N) is 4. The highest BCUT2D eigenvalue weighted by Crippen LogP contribution is 2.50. The quantitative estimate of drug-likeness (QED) is 0.166. The number of anilines is 2. The molecule has 1 aliphatic carbocycles. The Balaban J connectivity index is 1.54. The second kappa shape index (κ2) is 15.0. The number of benzene rings is 2. The lowest BCUT2D eigenvalue weighted by Crippen LogP contribution is -2.36. The van der Waals surface area contributed by atoms with Gasteiger partial charge in [-0.3, -0.25) is 24.8 Å². The van der Waals surface area contributed by atoms with Gasteiger partial charge in [0.2, 0.25) is 28.9 Å². The van der Waals surface area contributed by atoms with Gasteiger partial charge in [0.15, 0.2) is 17.3 Å². The second-order valence-electron chi connectivity index (χ2n) is 10.9. The molecule has 0 bridgehead atoms. The summed E-state index contributed by atoms with van der Waals surface area (Å²) in [7, 11) is 4.65. The Morgan fingerprint density at radius 3 is 2.49 bits per heavy atom. The summed E-state index contributed by atoms with van der Waals surface area (Å²) in [5.74, 6) is 2.09. The number of carbonyl (C=O) groups is 2. The van der Waals surface area contributed by atoms with Crippen LogP contribution in [0.5, 0.6) is 17.2 Å². The first-order valence-corrected chi connectivity index (χ1v) is 16.5. The molecule has 13 heteroatoms. The van der Waals surface area contributed by atoms with Gasteiger partial charge in [0.1, 0.15) is 6.04 Å². The van der Waals surface area contributed by atoms with Crippen molar-refractivity contribution in [1.29, 1.82) is 0 Å². The van der Waals surface area contributed by atoms with Crippen LogP contribution in [-0.2, 0) is 16.0 Å². The molecule has 4 N–H and O–H groups in total. The molecule has 0 saturated heterocycles. The maximum Gasteiger partial charge on any atom is 0.249 e. The summed E-state index contributed by atoms with van der Waals surface area (Å²) in [6.45, 7) is 1.45. The number of rotatable bonds is 12. The van der Waals surface area contributed by atoms with Gasteiger partial charge in [0.25, 0.3) is 0 Å². The molecule has 1 heterocycles. The maximum absolute atomic E-state index is 13.9. The van der Waals surface area contributed by atoms with Gasteiger partial charge in [-0.05, 0) is 66.2 Å². The predicted octanol–water partition coefficient (Wildman–Crippen LogP) is 4.82. The summed E-state index contributed by atoms with van der Waals surface area (Å²) >= 11 is 1.59. The van der Waals surface area contributed by atoms with E-state index in [0.717, 1.165) is 16.7 Å². The predicted molar refractivity (Wildman–Crippen MR) is 184 cm³/mol. The van der Waals surface area contributed by atoms with Gasteiger partial charge in [0.05, 0.1) is 33.1 Å². The fourth-order valence-corrected chi connectivity index (χ4v) is 6.23. The summed E-state index contributed by atoms with van der Waals surface area (Å²) in [6.07, 6.45) is 3.50. The van der Waals surface area contributed by atoms with Gasteiger partial charge >= 0.3 is 0 Å². The molecule has 0 fully saturated rings.